The minimum Gasteiger partial charge on any atom is -0.256 e. The molecule has 0 amide bonds. The normalized spacial score (nSPS) is 13.7. The molecule has 0 heterocycles. The van der Waals surface area contributed by atoms with E-state index in [9.17, 15) is 0 Å². The van der Waals surface area contributed by atoms with Crippen LogP contribution in [0.4, 0.5) is 0 Å². The minimum atomic E-state index is -0.245. The summed E-state index contributed by atoms with van der Waals surface area (Å²) < 4.78 is 0. The molecule has 0 spiro atoms. The summed E-state index contributed by atoms with van der Waals surface area (Å²) in [4.78, 5) is 3.78. The van der Waals surface area contributed by atoms with Crippen LogP contribution in [0.1, 0.15) is 6.92 Å². The lowest BCUT2D eigenvalue weighted by Crippen LogP contribution is -1.99. The van der Waals surface area contributed by atoms with Gasteiger partial charge in [-0.15, -0.1) is 6.58 Å². The molecule has 0 aromatic rings. The highest BCUT2D eigenvalue weighted by Gasteiger charge is 1.86. The van der Waals surface area contributed by atoms with E-state index in [-0.39, 0.29) is 6.10 Å². The van der Waals surface area contributed by atoms with E-state index in [2.05, 4.69) is 11.4 Å². The van der Waals surface area contributed by atoms with Crippen molar-refractivity contribution in [3.05, 3.63) is 12.7 Å². The molecule has 0 aliphatic carbocycles. The van der Waals surface area contributed by atoms with Crippen molar-refractivity contribution in [1.29, 1.82) is 0 Å². The Morgan fingerprint density at radius 1 is 2.00 bits per heavy atom. The Balaban J connectivity index is 2.96. The van der Waals surface area contributed by atoms with E-state index >= 15 is 0 Å². The predicted molar refractivity (Wildman–Crippen MR) is 22.9 cm³/mol. The summed E-state index contributed by atoms with van der Waals surface area (Å²) >= 11 is 0. The summed E-state index contributed by atoms with van der Waals surface area (Å²) in [7, 11) is 0. The van der Waals surface area contributed by atoms with Gasteiger partial charge in [0.05, 0.1) is 6.10 Å². The Bertz CT molecular complexity index is 44.8. The van der Waals surface area contributed by atoms with Crippen LogP contribution in [0.3, 0.4) is 0 Å². The summed E-state index contributed by atoms with van der Waals surface area (Å²) in [6.45, 7) is 5.03. The van der Waals surface area contributed by atoms with Crippen LogP contribution >= 0.6 is 0 Å². The molecule has 34 valence electrons. The van der Waals surface area contributed by atoms with Gasteiger partial charge in [0.2, 0.25) is 0 Å². The average molecular weight is 85.1 g/mol. The maximum Gasteiger partial charge on any atom is 0.0978 e. The molecule has 1 atom stereocenters. The largest absolute Gasteiger partial charge is 0.256 e. The summed E-state index contributed by atoms with van der Waals surface area (Å²) in [5.41, 5.74) is 0. The molecular weight excluding hydrogens is 78.0 g/mol. The van der Waals surface area contributed by atoms with Crippen molar-refractivity contribution in [2.75, 3.05) is 0 Å². The molecule has 2 nitrogen and oxygen atoms in total. The third-order valence-electron chi connectivity index (χ3n) is 0.498. The zero-order chi connectivity index (χ0) is 4.99. The molecule has 6 heavy (non-hydrogen) atoms. The molecule has 0 aromatic carbocycles. The Hall–Kier alpha value is -0.340. The Morgan fingerprint density at radius 2 is 2.50 bits per heavy atom. The van der Waals surface area contributed by atoms with E-state index in [1.54, 1.807) is 6.92 Å². The van der Waals surface area contributed by atoms with Crippen LogP contribution in [0, 0.1) is 0 Å². The van der Waals surface area contributed by atoms with Crippen molar-refractivity contribution in [2.24, 2.45) is 0 Å². The van der Waals surface area contributed by atoms with E-state index in [1.165, 1.54) is 6.08 Å². The Kier molecular flexibility index (Phi) is 2.71. The van der Waals surface area contributed by atoms with Crippen LogP contribution in [0.25, 0.3) is 0 Å². The molecule has 0 saturated carbocycles. The van der Waals surface area contributed by atoms with Crippen molar-refractivity contribution in [3.63, 3.8) is 0 Å². The van der Waals surface area contributed by atoms with Gasteiger partial charge in [-0.05, 0) is 6.92 Å². The third kappa shape index (κ3) is 1.93. The first-order valence-corrected chi connectivity index (χ1v) is 1.74. The van der Waals surface area contributed by atoms with Gasteiger partial charge < -0.3 is 0 Å². The van der Waals surface area contributed by atoms with Crippen LogP contribution in [0.5, 0.6) is 0 Å². The minimum absolute atomic E-state index is 0.245. The van der Waals surface area contributed by atoms with Gasteiger partial charge in [0.25, 0.3) is 0 Å². The third-order valence-corrected chi connectivity index (χ3v) is 0.498. The van der Waals surface area contributed by atoms with Gasteiger partial charge in [0.15, 0.2) is 0 Å². The quantitative estimate of drug-likeness (QED) is 0.356. The second kappa shape index (κ2) is 2.87. The lowest BCUT2D eigenvalue weighted by Gasteiger charge is -1.92. The van der Waals surface area contributed by atoms with Gasteiger partial charge >= 0.3 is 0 Å². The second-order valence-corrected chi connectivity index (χ2v) is 1.05. The fraction of sp³-hybridized carbons (Fsp3) is 0.500. The Morgan fingerprint density at radius 3 is 2.50 bits per heavy atom. The first-order valence-electron chi connectivity index (χ1n) is 1.74. The molecule has 0 bridgehead atoms. The first kappa shape index (κ1) is 5.66. The number of hydrogen-bond donors (Lipinski definition) is 0. The van der Waals surface area contributed by atoms with Crippen molar-refractivity contribution in [1.82, 2.24) is 5.90 Å². The van der Waals surface area contributed by atoms with E-state index in [4.69, 9.17) is 5.90 Å². The fourth-order valence-electron chi connectivity index (χ4n) is 0.0430. The smallest absolute Gasteiger partial charge is 0.0978 e. The highest BCUT2D eigenvalue weighted by atomic mass is 16.6. The first-order chi connectivity index (χ1) is 2.81. The molecule has 2 heteroatoms. The van der Waals surface area contributed by atoms with E-state index in [0.29, 0.717) is 0 Å². The number of hydrogen-bond acceptors (Lipinski definition) is 1. The van der Waals surface area contributed by atoms with Gasteiger partial charge in [-0.25, -0.2) is 0 Å². The fourth-order valence-corrected chi connectivity index (χ4v) is 0.0430. The van der Waals surface area contributed by atoms with Gasteiger partial charge in [-0.3, -0.25) is 4.84 Å². The van der Waals surface area contributed by atoms with Crippen molar-refractivity contribution in [3.8, 4) is 0 Å². The van der Waals surface area contributed by atoms with Gasteiger partial charge in [0, 0.05) is 5.90 Å². The van der Waals surface area contributed by atoms with E-state index in [1.807, 2.05) is 0 Å². The van der Waals surface area contributed by atoms with Gasteiger partial charge in [0.1, 0.15) is 0 Å². The van der Waals surface area contributed by atoms with Crippen LogP contribution in [-0.4, -0.2) is 6.10 Å². The predicted octanol–water partition coefficient (Wildman–Crippen LogP) is 0.561. The van der Waals surface area contributed by atoms with Crippen LogP contribution in [0.15, 0.2) is 12.7 Å². The standard InChI is InChI=1S/C4H7NO/c1-3-4(2)6-5/h3-4H,1H2,2H3. The molecule has 0 aliphatic heterocycles. The number of rotatable bonds is 2. The van der Waals surface area contributed by atoms with Crippen molar-refractivity contribution in [2.45, 2.75) is 13.0 Å². The molecule has 2 radical (unpaired) electrons. The highest BCUT2D eigenvalue weighted by molar-refractivity contribution is 4.73. The lowest BCUT2D eigenvalue weighted by atomic mass is 10.4. The summed E-state index contributed by atoms with van der Waals surface area (Å²) in [5, 5.41) is 0. The zero-order valence-corrected chi connectivity index (χ0v) is 3.72. The SMILES string of the molecule is C=CC(C)O[N]. The molecule has 0 saturated heterocycles. The summed E-state index contributed by atoms with van der Waals surface area (Å²) in [6.07, 6.45) is 1.25. The van der Waals surface area contributed by atoms with Crippen molar-refractivity contribution < 1.29 is 4.84 Å². The van der Waals surface area contributed by atoms with Crippen molar-refractivity contribution >= 4 is 0 Å². The monoisotopic (exact) mass is 85.1 g/mol. The maximum atomic E-state index is 7.76. The molecule has 0 fully saturated rings. The van der Waals surface area contributed by atoms with Gasteiger partial charge in [-0.1, -0.05) is 6.08 Å². The second-order valence-electron chi connectivity index (χ2n) is 1.05. The molecule has 0 N–H and O–H groups in total. The van der Waals surface area contributed by atoms with Crippen LogP contribution in [0.2, 0.25) is 0 Å². The molecular formula is C4H7NO. The summed E-state index contributed by atoms with van der Waals surface area (Å²) in [6, 6.07) is 0. The van der Waals surface area contributed by atoms with Crippen LogP contribution < -0.4 is 5.90 Å². The van der Waals surface area contributed by atoms with Gasteiger partial charge in [-0.2, -0.15) is 0 Å². The topological polar surface area (TPSA) is 31.5 Å². The average Bonchev–Trinajstić information content (AvgIpc) is 1.65. The number of nitrogens with zero attached hydrogens (tertiary/aromatic N) is 1. The van der Waals surface area contributed by atoms with Crippen LogP contribution in [-0.2, 0) is 4.84 Å². The van der Waals surface area contributed by atoms with E-state index < -0.39 is 0 Å². The molecule has 0 rings (SSSR count). The maximum absolute atomic E-state index is 7.76. The molecule has 0 aliphatic rings. The Labute approximate surface area is 37.6 Å². The molecule has 1 unspecified atom stereocenters. The molecule has 0 aromatic heterocycles. The highest BCUT2D eigenvalue weighted by Crippen LogP contribution is 1.82. The van der Waals surface area contributed by atoms with E-state index in [0.717, 1.165) is 0 Å². The zero-order valence-electron chi connectivity index (χ0n) is 3.72. The lowest BCUT2D eigenvalue weighted by molar-refractivity contribution is 0.0813. The summed E-state index contributed by atoms with van der Waals surface area (Å²) in [5.74, 6) is 7.76.